The molecule has 1 N–H and O–H groups in total. The number of nitrogens with zero attached hydrogens (tertiary/aromatic N) is 3. The minimum atomic E-state index is 0.925. The highest BCUT2D eigenvalue weighted by Gasteiger charge is 2.14. The Morgan fingerprint density at radius 3 is 2.50 bits per heavy atom. The minimum absolute atomic E-state index is 0.925. The van der Waals surface area contributed by atoms with Crippen LogP contribution in [0.3, 0.4) is 0 Å². The number of para-hydroxylation sites is 4. The first-order valence-electron chi connectivity index (χ1n) is 6.64. The average Bonchev–Trinajstić information content (AvgIpc) is 2.84. The molecule has 0 radical (unpaired) electrons. The number of aromatic nitrogens is 2. The number of imidazole rings is 1. The fraction of sp³-hybridized carbons (Fsp3) is 0.188. The number of aryl methyl sites for hydroxylation is 1. The zero-order valence-corrected chi connectivity index (χ0v) is 12.0. The smallest absolute Gasteiger partial charge is 0.210 e. The van der Waals surface area contributed by atoms with Crippen molar-refractivity contribution < 1.29 is 0 Å². The van der Waals surface area contributed by atoms with Gasteiger partial charge in [-0.2, -0.15) is 0 Å². The Labute approximate surface area is 118 Å². The van der Waals surface area contributed by atoms with Crippen molar-refractivity contribution in [3.8, 4) is 0 Å². The van der Waals surface area contributed by atoms with Gasteiger partial charge in [-0.3, -0.25) is 0 Å². The predicted octanol–water partition coefficient (Wildman–Crippen LogP) is 3.38. The molecule has 0 saturated heterocycles. The summed E-state index contributed by atoms with van der Waals surface area (Å²) in [5.74, 6) is 0.925. The molecule has 3 rings (SSSR count). The fourth-order valence-electron chi connectivity index (χ4n) is 2.52. The Kier molecular flexibility index (Phi) is 3.06. The number of hydrogen-bond acceptors (Lipinski definition) is 3. The van der Waals surface area contributed by atoms with E-state index in [1.165, 1.54) is 0 Å². The molecule has 20 heavy (non-hydrogen) atoms. The Morgan fingerprint density at radius 2 is 1.75 bits per heavy atom. The lowest BCUT2D eigenvalue weighted by Gasteiger charge is -2.21. The van der Waals surface area contributed by atoms with Crippen molar-refractivity contribution >= 4 is 28.4 Å². The third kappa shape index (κ3) is 1.90. The van der Waals surface area contributed by atoms with E-state index in [4.69, 9.17) is 4.98 Å². The van der Waals surface area contributed by atoms with Crippen LogP contribution >= 0.6 is 0 Å². The molecule has 0 aliphatic carbocycles. The van der Waals surface area contributed by atoms with Crippen LogP contribution in [-0.4, -0.2) is 23.6 Å². The molecule has 1 heterocycles. The highest BCUT2D eigenvalue weighted by molar-refractivity contribution is 5.82. The van der Waals surface area contributed by atoms with Crippen molar-refractivity contribution in [2.24, 2.45) is 7.05 Å². The third-order valence-corrected chi connectivity index (χ3v) is 3.60. The lowest BCUT2D eigenvalue weighted by molar-refractivity contribution is 0.910. The summed E-state index contributed by atoms with van der Waals surface area (Å²) in [5, 5.41) is 3.22. The van der Waals surface area contributed by atoms with Crippen LogP contribution in [-0.2, 0) is 7.05 Å². The maximum atomic E-state index is 4.73. The van der Waals surface area contributed by atoms with Crippen LogP contribution in [0.5, 0.6) is 0 Å². The molecule has 102 valence electrons. The van der Waals surface area contributed by atoms with Crippen molar-refractivity contribution in [1.29, 1.82) is 0 Å². The highest BCUT2D eigenvalue weighted by atomic mass is 15.3. The Hall–Kier alpha value is -2.49. The van der Waals surface area contributed by atoms with Crippen molar-refractivity contribution in [3.05, 3.63) is 48.5 Å². The van der Waals surface area contributed by atoms with Crippen molar-refractivity contribution in [3.63, 3.8) is 0 Å². The van der Waals surface area contributed by atoms with Crippen LogP contribution in [0.4, 0.5) is 17.3 Å². The second kappa shape index (κ2) is 4.89. The molecule has 0 saturated carbocycles. The number of nitrogens with one attached hydrogen (secondary N) is 1. The SMILES string of the molecule is CNc1ccccc1N(C)c1nc2ccccc2n1C. The van der Waals surface area contributed by atoms with Crippen molar-refractivity contribution in [2.45, 2.75) is 0 Å². The van der Waals surface area contributed by atoms with E-state index in [0.29, 0.717) is 0 Å². The maximum Gasteiger partial charge on any atom is 0.210 e. The minimum Gasteiger partial charge on any atom is -0.386 e. The standard InChI is InChI=1S/C16H18N4/c1-17-12-8-4-6-10-14(12)19(2)16-18-13-9-5-7-11-15(13)20(16)3/h4-11,17H,1-3H3. The largest absolute Gasteiger partial charge is 0.386 e. The summed E-state index contributed by atoms with van der Waals surface area (Å²) in [4.78, 5) is 6.83. The van der Waals surface area contributed by atoms with Crippen LogP contribution < -0.4 is 10.2 Å². The van der Waals surface area contributed by atoms with Gasteiger partial charge in [0.15, 0.2) is 0 Å². The first kappa shape index (κ1) is 12.5. The number of fused-ring (bicyclic) bond motifs is 1. The van der Waals surface area contributed by atoms with E-state index in [9.17, 15) is 0 Å². The maximum absolute atomic E-state index is 4.73. The quantitative estimate of drug-likeness (QED) is 0.789. The van der Waals surface area contributed by atoms with E-state index in [2.05, 4.69) is 33.0 Å². The topological polar surface area (TPSA) is 33.1 Å². The molecule has 4 heteroatoms. The molecule has 3 aromatic rings. The second-order valence-electron chi connectivity index (χ2n) is 4.79. The highest BCUT2D eigenvalue weighted by Crippen LogP contribution is 2.31. The lowest BCUT2D eigenvalue weighted by Crippen LogP contribution is -2.15. The molecule has 0 bridgehead atoms. The molecular formula is C16H18N4. The summed E-state index contributed by atoms with van der Waals surface area (Å²) in [6.07, 6.45) is 0. The van der Waals surface area contributed by atoms with Gasteiger partial charge in [-0.15, -0.1) is 0 Å². The summed E-state index contributed by atoms with van der Waals surface area (Å²) in [6, 6.07) is 16.4. The molecule has 2 aromatic carbocycles. The lowest BCUT2D eigenvalue weighted by atomic mass is 10.2. The van der Waals surface area contributed by atoms with E-state index in [-0.39, 0.29) is 0 Å². The molecule has 0 aliphatic rings. The summed E-state index contributed by atoms with van der Waals surface area (Å²) < 4.78 is 2.11. The van der Waals surface area contributed by atoms with E-state index >= 15 is 0 Å². The number of benzene rings is 2. The Bertz CT molecular complexity index is 745. The molecule has 0 spiro atoms. The Morgan fingerprint density at radius 1 is 1.05 bits per heavy atom. The zero-order valence-electron chi connectivity index (χ0n) is 12.0. The average molecular weight is 266 g/mol. The molecule has 0 aliphatic heterocycles. The number of rotatable bonds is 3. The molecule has 0 atom stereocenters. The van der Waals surface area contributed by atoms with Gasteiger partial charge in [0, 0.05) is 21.1 Å². The monoisotopic (exact) mass is 266 g/mol. The van der Waals surface area contributed by atoms with Gasteiger partial charge in [0.25, 0.3) is 0 Å². The number of anilines is 3. The van der Waals surface area contributed by atoms with Gasteiger partial charge in [0.2, 0.25) is 5.95 Å². The molecular weight excluding hydrogens is 248 g/mol. The summed E-state index contributed by atoms with van der Waals surface area (Å²) >= 11 is 0. The van der Waals surface area contributed by atoms with E-state index in [0.717, 1.165) is 28.4 Å². The molecule has 1 aromatic heterocycles. The second-order valence-corrected chi connectivity index (χ2v) is 4.79. The van der Waals surface area contributed by atoms with Crippen LogP contribution in [0.25, 0.3) is 11.0 Å². The van der Waals surface area contributed by atoms with E-state index in [1.807, 2.05) is 51.5 Å². The first-order chi connectivity index (χ1) is 9.72. The van der Waals surface area contributed by atoms with Gasteiger partial charge in [-0.05, 0) is 24.3 Å². The Balaban J connectivity index is 2.13. The first-order valence-corrected chi connectivity index (χ1v) is 6.64. The summed E-state index contributed by atoms with van der Waals surface area (Å²) in [7, 11) is 6.02. The third-order valence-electron chi connectivity index (χ3n) is 3.60. The van der Waals surface area contributed by atoms with E-state index < -0.39 is 0 Å². The van der Waals surface area contributed by atoms with Crippen LogP contribution in [0.15, 0.2) is 48.5 Å². The van der Waals surface area contributed by atoms with Gasteiger partial charge >= 0.3 is 0 Å². The number of hydrogen-bond donors (Lipinski definition) is 1. The normalized spacial score (nSPS) is 10.8. The van der Waals surface area contributed by atoms with Crippen LogP contribution in [0.2, 0.25) is 0 Å². The molecule has 0 amide bonds. The predicted molar refractivity (Wildman–Crippen MR) is 84.8 cm³/mol. The van der Waals surface area contributed by atoms with Crippen LogP contribution in [0.1, 0.15) is 0 Å². The van der Waals surface area contributed by atoms with Crippen molar-refractivity contribution in [1.82, 2.24) is 9.55 Å². The fourth-order valence-corrected chi connectivity index (χ4v) is 2.52. The van der Waals surface area contributed by atoms with Gasteiger partial charge < -0.3 is 14.8 Å². The van der Waals surface area contributed by atoms with Gasteiger partial charge in [-0.1, -0.05) is 24.3 Å². The van der Waals surface area contributed by atoms with Gasteiger partial charge in [0.05, 0.1) is 22.4 Å². The van der Waals surface area contributed by atoms with Gasteiger partial charge in [-0.25, -0.2) is 4.98 Å². The van der Waals surface area contributed by atoms with E-state index in [1.54, 1.807) is 0 Å². The summed E-state index contributed by atoms with van der Waals surface area (Å²) in [5.41, 5.74) is 4.34. The van der Waals surface area contributed by atoms with Crippen LogP contribution in [0, 0.1) is 0 Å². The molecule has 4 nitrogen and oxygen atoms in total. The van der Waals surface area contributed by atoms with Crippen molar-refractivity contribution in [2.75, 3.05) is 24.3 Å². The zero-order chi connectivity index (χ0) is 14.1. The van der Waals surface area contributed by atoms with Gasteiger partial charge in [0.1, 0.15) is 0 Å². The molecule has 0 fully saturated rings. The summed E-state index contributed by atoms with van der Waals surface area (Å²) in [6.45, 7) is 0. The molecule has 0 unspecified atom stereocenters.